The van der Waals surface area contributed by atoms with E-state index in [1.165, 1.54) is 17.5 Å². The lowest BCUT2D eigenvalue weighted by Gasteiger charge is -1.87. The number of hydrogen-bond donors (Lipinski definition) is 1. The lowest BCUT2D eigenvalue weighted by atomic mass is 10.3. The average molecular weight is 223 g/mol. The zero-order chi connectivity index (χ0) is 10.8. The molecule has 0 aliphatic rings. The Kier molecular flexibility index (Phi) is 2.51. The molecule has 0 aromatic carbocycles. The number of aromatic nitrogens is 2. The topological polar surface area (TPSA) is 82.0 Å². The Morgan fingerprint density at radius 2 is 2.47 bits per heavy atom. The molecule has 0 fully saturated rings. The van der Waals surface area contributed by atoms with Gasteiger partial charge in [-0.3, -0.25) is 4.79 Å². The van der Waals surface area contributed by atoms with Crippen LogP contribution < -0.4 is 5.73 Å². The van der Waals surface area contributed by atoms with Gasteiger partial charge < -0.3 is 10.3 Å². The second kappa shape index (κ2) is 3.82. The maximum absolute atomic E-state index is 10.8. The maximum atomic E-state index is 10.8. The molecule has 0 radical (unpaired) electrons. The predicted octanol–water partition coefficient (Wildman–Crippen LogP) is 1.13. The van der Waals surface area contributed by atoms with Crippen molar-refractivity contribution in [3.8, 4) is 0 Å². The summed E-state index contributed by atoms with van der Waals surface area (Å²) < 4.78 is 4.93. The van der Waals surface area contributed by atoms with Crippen molar-refractivity contribution in [2.45, 2.75) is 13.3 Å². The highest BCUT2D eigenvalue weighted by molar-refractivity contribution is 7.13. The zero-order valence-corrected chi connectivity index (χ0v) is 8.87. The Morgan fingerprint density at radius 3 is 3.00 bits per heavy atom. The van der Waals surface area contributed by atoms with Crippen LogP contribution in [0.25, 0.3) is 0 Å². The molecule has 2 aromatic rings. The molecule has 78 valence electrons. The highest BCUT2D eigenvalue weighted by Gasteiger charge is 2.09. The first-order valence-corrected chi connectivity index (χ1v) is 5.13. The second-order valence-corrected chi connectivity index (χ2v) is 4.20. The quantitative estimate of drug-likeness (QED) is 0.845. The molecule has 0 aliphatic heterocycles. The van der Waals surface area contributed by atoms with Crippen LogP contribution in [0, 0.1) is 6.92 Å². The van der Waals surface area contributed by atoms with E-state index in [0.717, 1.165) is 16.5 Å². The number of carbonyl (C=O) groups excluding carboxylic acids is 1. The summed E-state index contributed by atoms with van der Waals surface area (Å²) in [7, 11) is 0. The van der Waals surface area contributed by atoms with Crippen molar-refractivity contribution >= 4 is 17.2 Å². The monoisotopic (exact) mass is 223 g/mol. The third kappa shape index (κ3) is 2.21. The van der Waals surface area contributed by atoms with Gasteiger partial charge in [-0.1, -0.05) is 5.16 Å². The van der Waals surface area contributed by atoms with Gasteiger partial charge in [-0.25, -0.2) is 4.98 Å². The number of thiazole rings is 1. The van der Waals surface area contributed by atoms with Gasteiger partial charge in [-0.05, 0) is 6.92 Å². The summed E-state index contributed by atoms with van der Waals surface area (Å²) in [5, 5.41) is 4.64. The fraction of sp³-hybridized carbons (Fsp3) is 0.222. The number of nitrogens with zero attached hydrogens (tertiary/aromatic N) is 2. The Balaban J connectivity index is 2.14. The molecule has 0 unspecified atom stereocenters. The Bertz CT molecular complexity index is 489. The van der Waals surface area contributed by atoms with Crippen LogP contribution in [0.4, 0.5) is 0 Å². The minimum Gasteiger partial charge on any atom is -0.365 e. The van der Waals surface area contributed by atoms with Crippen molar-refractivity contribution in [3.05, 3.63) is 33.6 Å². The fourth-order valence-electron chi connectivity index (χ4n) is 1.16. The van der Waals surface area contributed by atoms with Crippen LogP contribution in [-0.4, -0.2) is 16.0 Å². The number of aryl methyl sites for hydroxylation is 1. The summed E-state index contributed by atoms with van der Waals surface area (Å²) in [5.74, 6) is 0.312. The van der Waals surface area contributed by atoms with E-state index in [9.17, 15) is 4.79 Å². The summed E-state index contributed by atoms with van der Waals surface area (Å²) in [6, 6.07) is 1.84. The summed E-state index contributed by atoms with van der Waals surface area (Å²) >= 11 is 1.28. The molecule has 1 amide bonds. The molecule has 0 bridgehead atoms. The molecule has 2 N–H and O–H groups in total. The van der Waals surface area contributed by atoms with E-state index >= 15 is 0 Å². The van der Waals surface area contributed by atoms with Gasteiger partial charge in [0, 0.05) is 12.5 Å². The summed E-state index contributed by atoms with van der Waals surface area (Å²) in [4.78, 5) is 15.4. The zero-order valence-electron chi connectivity index (χ0n) is 8.06. The Hall–Kier alpha value is -1.69. The molecular formula is C9H9N3O2S. The first kappa shape index (κ1) is 9.85. The Labute approximate surface area is 89.9 Å². The van der Waals surface area contributed by atoms with Gasteiger partial charge in [0.15, 0.2) is 0 Å². The van der Waals surface area contributed by atoms with Crippen LogP contribution in [0.3, 0.4) is 0 Å². The molecule has 0 atom stereocenters. The van der Waals surface area contributed by atoms with Crippen LogP contribution in [0.5, 0.6) is 0 Å². The molecule has 2 rings (SSSR count). The van der Waals surface area contributed by atoms with Gasteiger partial charge in [0.1, 0.15) is 10.6 Å². The van der Waals surface area contributed by atoms with E-state index < -0.39 is 5.91 Å². The van der Waals surface area contributed by atoms with Crippen LogP contribution in [-0.2, 0) is 6.42 Å². The van der Waals surface area contributed by atoms with Crippen molar-refractivity contribution in [2.75, 3.05) is 0 Å². The van der Waals surface area contributed by atoms with Gasteiger partial charge in [0.05, 0.1) is 16.9 Å². The first-order valence-electron chi connectivity index (χ1n) is 4.32. The number of rotatable bonds is 3. The molecule has 15 heavy (non-hydrogen) atoms. The number of nitrogens with two attached hydrogens (primary N) is 1. The van der Waals surface area contributed by atoms with Gasteiger partial charge in [0.2, 0.25) is 0 Å². The number of carbonyl (C=O) groups is 1. The fourth-order valence-corrected chi connectivity index (χ4v) is 1.95. The lowest BCUT2D eigenvalue weighted by Crippen LogP contribution is -2.08. The summed E-state index contributed by atoms with van der Waals surface area (Å²) in [5.41, 5.74) is 5.93. The molecule has 0 aliphatic carbocycles. The predicted molar refractivity (Wildman–Crippen MR) is 54.7 cm³/mol. The SMILES string of the molecule is Cc1cc(Cc2ncc(C(N)=O)s2)no1. The average Bonchev–Trinajstić information content (AvgIpc) is 2.76. The van der Waals surface area contributed by atoms with Crippen LogP contribution >= 0.6 is 11.3 Å². The lowest BCUT2D eigenvalue weighted by molar-refractivity contribution is 0.100. The first-order chi connectivity index (χ1) is 7.15. The molecule has 5 nitrogen and oxygen atoms in total. The van der Waals surface area contributed by atoms with Crippen LogP contribution in [0.1, 0.15) is 26.1 Å². The molecule has 0 saturated carbocycles. The molecule has 0 saturated heterocycles. The normalized spacial score (nSPS) is 10.5. The number of amides is 1. The van der Waals surface area contributed by atoms with Crippen molar-refractivity contribution in [1.82, 2.24) is 10.1 Å². The third-order valence-electron chi connectivity index (χ3n) is 1.81. The van der Waals surface area contributed by atoms with Crippen molar-refractivity contribution < 1.29 is 9.32 Å². The van der Waals surface area contributed by atoms with Crippen molar-refractivity contribution in [3.63, 3.8) is 0 Å². The van der Waals surface area contributed by atoms with Gasteiger partial charge in [-0.15, -0.1) is 11.3 Å². The van der Waals surface area contributed by atoms with E-state index in [-0.39, 0.29) is 0 Å². The van der Waals surface area contributed by atoms with Gasteiger partial charge in [0.25, 0.3) is 5.91 Å². The highest BCUT2D eigenvalue weighted by atomic mass is 32.1. The molecular weight excluding hydrogens is 214 g/mol. The standard InChI is InChI=1S/C9H9N3O2S/c1-5-2-6(12-14-5)3-8-11-4-7(15-8)9(10)13/h2,4H,3H2,1H3,(H2,10,13). The van der Waals surface area contributed by atoms with E-state index in [2.05, 4.69) is 10.1 Å². The number of hydrogen-bond acceptors (Lipinski definition) is 5. The highest BCUT2D eigenvalue weighted by Crippen LogP contribution is 2.16. The van der Waals surface area contributed by atoms with Gasteiger partial charge in [-0.2, -0.15) is 0 Å². The van der Waals surface area contributed by atoms with Crippen LogP contribution in [0.2, 0.25) is 0 Å². The van der Waals surface area contributed by atoms with E-state index in [1.54, 1.807) is 0 Å². The van der Waals surface area contributed by atoms with E-state index in [1.807, 2.05) is 13.0 Å². The number of primary amides is 1. The second-order valence-electron chi connectivity index (χ2n) is 3.09. The van der Waals surface area contributed by atoms with Gasteiger partial charge >= 0.3 is 0 Å². The molecule has 2 aromatic heterocycles. The van der Waals surface area contributed by atoms with Crippen molar-refractivity contribution in [2.24, 2.45) is 5.73 Å². The minimum absolute atomic E-state index is 0.449. The Morgan fingerprint density at radius 1 is 1.67 bits per heavy atom. The van der Waals surface area contributed by atoms with E-state index in [0.29, 0.717) is 11.3 Å². The molecule has 6 heteroatoms. The van der Waals surface area contributed by atoms with E-state index in [4.69, 9.17) is 10.3 Å². The smallest absolute Gasteiger partial charge is 0.260 e. The largest absolute Gasteiger partial charge is 0.365 e. The third-order valence-corrected chi connectivity index (χ3v) is 2.82. The molecule has 2 heterocycles. The summed E-state index contributed by atoms with van der Waals surface area (Å²) in [6.45, 7) is 1.83. The molecule has 0 spiro atoms. The van der Waals surface area contributed by atoms with Crippen LogP contribution in [0.15, 0.2) is 16.8 Å². The summed E-state index contributed by atoms with van der Waals surface area (Å²) in [6.07, 6.45) is 2.05. The minimum atomic E-state index is -0.449. The van der Waals surface area contributed by atoms with Crippen molar-refractivity contribution in [1.29, 1.82) is 0 Å². The maximum Gasteiger partial charge on any atom is 0.260 e.